The maximum atomic E-state index is 13.7. The van der Waals surface area contributed by atoms with Crippen LogP contribution in [0.15, 0.2) is 18.2 Å². The molecular weight excluding hydrogens is 352 g/mol. The van der Waals surface area contributed by atoms with Crippen LogP contribution < -0.4 is 10.6 Å². The number of amides is 2. The molecule has 2 fully saturated rings. The van der Waals surface area contributed by atoms with Crippen LogP contribution in [0.4, 0.5) is 8.78 Å². The van der Waals surface area contributed by atoms with Crippen molar-refractivity contribution in [2.45, 2.75) is 57.7 Å². The summed E-state index contributed by atoms with van der Waals surface area (Å²) in [5, 5.41) is 5.59. The minimum absolute atomic E-state index is 0.0207. The molecular formula is C20H27F2N3O2. The summed E-state index contributed by atoms with van der Waals surface area (Å²) in [6.45, 7) is 3.05. The average molecular weight is 379 g/mol. The van der Waals surface area contributed by atoms with Gasteiger partial charge in [0.25, 0.3) is 0 Å². The van der Waals surface area contributed by atoms with Crippen molar-refractivity contribution in [3.8, 4) is 0 Å². The van der Waals surface area contributed by atoms with E-state index < -0.39 is 11.6 Å². The highest BCUT2D eigenvalue weighted by atomic mass is 19.2. The molecule has 0 aromatic heterocycles. The maximum Gasteiger partial charge on any atom is 0.221 e. The number of nitrogens with zero attached hydrogens (tertiary/aromatic N) is 1. The molecule has 3 rings (SSSR count). The lowest BCUT2D eigenvalue weighted by atomic mass is 10.1. The predicted molar refractivity (Wildman–Crippen MR) is 97.7 cm³/mol. The molecule has 0 radical (unpaired) electrons. The zero-order valence-electron chi connectivity index (χ0n) is 15.6. The summed E-state index contributed by atoms with van der Waals surface area (Å²) < 4.78 is 27.0. The van der Waals surface area contributed by atoms with E-state index >= 15 is 0 Å². The van der Waals surface area contributed by atoms with Gasteiger partial charge in [-0.25, -0.2) is 8.78 Å². The molecule has 1 aromatic rings. The Morgan fingerprint density at radius 2 is 1.85 bits per heavy atom. The Labute approximate surface area is 158 Å². The van der Waals surface area contributed by atoms with Crippen LogP contribution in [0.2, 0.25) is 0 Å². The van der Waals surface area contributed by atoms with Gasteiger partial charge in [-0.15, -0.1) is 0 Å². The number of carbonyl (C=O) groups excluding carboxylic acids is 2. The molecule has 2 atom stereocenters. The van der Waals surface area contributed by atoms with Gasteiger partial charge in [-0.3, -0.25) is 14.5 Å². The number of hydrogen-bond donors (Lipinski definition) is 2. The first-order chi connectivity index (χ1) is 12.9. The van der Waals surface area contributed by atoms with Crippen molar-refractivity contribution < 1.29 is 18.4 Å². The highest BCUT2D eigenvalue weighted by Gasteiger charge is 2.37. The number of hydrogen-bond acceptors (Lipinski definition) is 3. The molecule has 5 nitrogen and oxygen atoms in total. The molecule has 1 heterocycles. The van der Waals surface area contributed by atoms with Gasteiger partial charge in [-0.1, -0.05) is 12.1 Å². The molecule has 0 unspecified atom stereocenters. The Bertz CT molecular complexity index is 694. The van der Waals surface area contributed by atoms with Gasteiger partial charge in [-0.05, 0) is 37.7 Å². The molecule has 2 aliphatic rings. The third kappa shape index (κ3) is 5.48. The molecule has 2 amide bonds. The molecule has 1 saturated carbocycles. The molecule has 1 aromatic carbocycles. The lowest BCUT2D eigenvalue weighted by Gasteiger charge is -2.30. The molecule has 7 heteroatoms. The Morgan fingerprint density at radius 3 is 2.56 bits per heavy atom. The van der Waals surface area contributed by atoms with Gasteiger partial charge in [-0.2, -0.15) is 0 Å². The number of nitrogens with one attached hydrogen (secondary N) is 2. The average Bonchev–Trinajstić information content (AvgIpc) is 3.37. The maximum absolute atomic E-state index is 13.7. The molecule has 27 heavy (non-hydrogen) atoms. The lowest BCUT2D eigenvalue weighted by Crippen LogP contribution is -2.45. The molecule has 0 spiro atoms. The number of benzene rings is 1. The van der Waals surface area contributed by atoms with Crippen LogP contribution in [0.25, 0.3) is 0 Å². The minimum atomic E-state index is -0.913. The molecule has 0 bridgehead atoms. The van der Waals surface area contributed by atoms with E-state index in [0.717, 1.165) is 25.5 Å². The fourth-order valence-corrected chi connectivity index (χ4v) is 3.78. The predicted octanol–water partition coefficient (Wildman–Crippen LogP) is 2.35. The second-order valence-corrected chi connectivity index (χ2v) is 7.66. The molecule has 1 saturated heterocycles. The Hall–Kier alpha value is -2.02. The van der Waals surface area contributed by atoms with Crippen LogP contribution >= 0.6 is 0 Å². The normalized spacial score (nSPS) is 22.6. The van der Waals surface area contributed by atoms with Crippen molar-refractivity contribution in [3.63, 3.8) is 0 Å². The largest absolute Gasteiger partial charge is 0.355 e. The summed E-state index contributed by atoms with van der Waals surface area (Å²) in [6.07, 6.45) is 4.63. The monoisotopic (exact) mass is 379 g/mol. The third-order valence-corrected chi connectivity index (χ3v) is 5.45. The zero-order valence-corrected chi connectivity index (χ0v) is 15.6. The van der Waals surface area contributed by atoms with E-state index in [0.29, 0.717) is 18.9 Å². The van der Waals surface area contributed by atoms with Gasteiger partial charge in [0.1, 0.15) is 0 Å². The van der Waals surface area contributed by atoms with Gasteiger partial charge in [0.05, 0.1) is 0 Å². The Kier molecular flexibility index (Phi) is 6.42. The Balaban J connectivity index is 1.53. The van der Waals surface area contributed by atoms with Crippen molar-refractivity contribution >= 4 is 11.8 Å². The fourth-order valence-electron chi connectivity index (χ4n) is 3.78. The minimum Gasteiger partial charge on any atom is -0.355 e. The van der Waals surface area contributed by atoms with E-state index in [4.69, 9.17) is 0 Å². The molecule has 1 aliphatic heterocycles. The highest BCUT2D eigenvalue weighted by molar-refractivity contribution is 5.76. The summed E-state index contributed by atoms with van der Waals surface area (Å²) in [5.41, 5.74) is 0.146. The SMILES string of the molecule is CC(=O)NC[C@H]1CC[C@@H](CC(=O)NCc2cccc(F)c2F)N1CC1CC1. The van der Waals surface area contributed by atoms with Crippen LogP contribution in [0.1, 0.15) is 44.6 Å². The number of rotatable bonds is 8. The van der Waals surface area contributed by atoms with Crippen LogP contribution in [0.5, 0.6) is 0 Å². The second-order valence-electron chi connectivity index (χ2n) is 7.66. The zero-order chi connectivity index (χ0) is 19.4. The van der Waals surface area contributed by atoms with E-state index in [2.05, 4.69) is 15.5 Å². The van der Waals surface area contributed by atoms with Gasteiger partial charge in [0.15, 0.2) is 11.6 Å². The quantitative estimate of drug-likeness (QED) is 0.729. The summed E-state index contributed by atoms with van der Waals surface area (Å²) in [4.78, 5) is 25.9. The smallest absolute Gasteiger partial charge is 0.221 e. The van der Waals surface area contributed by atoms with Gasteiger partial charge in [0.2, 0.25) is 11.8 Å². The molecule has 1 aliphatic carbocycles. The van der Waals surface area contributed by atoms with Crippen molar-refractivity contribution in [2.75, 3.05) is 13.1 Å². The number of carbonyl (C=O) groups is 2. The van der Waals surface area contributed by atoms with Crippen LogP contribution in [0.3, 0.4) is 0 Å². The summed E-state index contributed by atoms with van der Waals surface area (Å²) in [6, 6.07) is 4.34. The lowest BCUT2D eigenvalue weighted by molar-refractivity contribution is -0.122. The van der Waals surface area contributed by atoms with E-state index in [1.165, 1.54) is 31.9 Å². The van der Waals surface area contributed by atoms with Crippen LogP contribution in [-0.2, 0) is 16.1 Å². The number of likely N-dealkylation sites (tertiary alicyclic amines) is 1. The fraction of sp³-hybridized carbons (Fsp3) is 0.600. The summed E-state index contributed by atoms with van der Waals surface area (Å²) in [5.74, 6) is -1.34. The van der Waals surface area contributed by atoms with E-state index in [1.54, 1.807) is 0 Å². The van der Waals surface area contributed by atoms with Crippen molar-refractivity contribution in [3.05, 3.63) is 35.4 Å². The van der Waals surface area contributed by atoms with Crippen molar-refractivity contribution in [2.24, 2.45) is 5.92 Å². The standard InChI is InChI=1S/C20H27F2N3O2/c1-13(26)23-11-17-8-7-16(25(17)12-14-5-6-14)9-19(27)24-10-15-3-2-4-18(21)20(15)22/h2-4,14,16-17H,5-12H2,1H3,(H,23,26)(H,24,27)/t16-,17+/m0/s1. The third-order valence-electron chi connectivity index (χ3n) is 5.45. The number of halogens is 2. The van der Waals surface area contributed by atoms with Crippen molar-refractivity contribution in [1.82, 2.24) is 15.5 Å². The highest BCUT2D eigenvalue weighted by Crippen LogP contribution is 2.35. The molecule has 2 N–H and O–H groups in total. The van der Waals surface area contributed by atoms with Crippen LogP contribution in [-0.4, -0.2) is 41.9 Å². The van der Waals surface area contributed by atoms with E-state index in [9.17, 15) is 18.4 Å². The van der Waals surface area contributed by atoms with Gasteiger partial charge in [0, 0.05) is 50.6 Å². The topological polar surface area (TPSA) is 61.4 Å². The first-order valence-electron chi connectivity index (χ1n) is 9.63. The summed E-state index contributed by atoms with van der Waals surface area (Å²) >= 11 is 0. The van der Waals surface area contributed by atoms with E-state index in [-0.39, 0.29) is 36.0 Å². The van der Waals surface area contributed by atoms with Crippen molar-refractivity contribution in [1.29, 1.82) is 0 Å². The van der Waals surface area contributed by atoms with E-state index in [1.807, 2.05) is 0 Å². The van der Waals surface area contributed by atoms with Crippen LogP contribution in [0, 0.1) is 17.6 Å². The van der Waals surface area contributed by atoms with Gasteiger partial charge < -0.3 is 10.6 Å². The molecule has 148 valence electrons. The summed E-state index contributed by atoms with van der Waals surface area (Å²) in [7, 11) is 0. The van der Waals surface area contributed by atoms with Gasteiger partial charge >= 0.3 is 0 Å². The first kappa shape index (κ1) is 19.7. The first-order valence-corrected chi connectivity index (χ1v) is 9.63. The Morgan fingerprint density at radius 1 is 1.11 bits per heavy atom. The second kappa shape index (κ2) is 8.78.